The van der Waals surface area contributed by atoms with Gasteiger partial charge in [-0.15, -0.1) is 0 Å². The monoisotopic (exact) mass is 213 g/mol. The summed E-state index contributed by atoms with van der Waals surface area (Å²) in [5.41, 5.74) is 2.27. The van der Waals surface area contributed by atoms with Crippen molar-refractivity contribution in [1.29, 1.82) is 0 Å². The van der Waals surface area contributed by atoms with Crippen LogP contribution in [0.25, 0.3) is 10.9 Å². The van der Waals surface area contributed by atoms with Crippen LogP contribution in [0.2, 0.25) is 0 Å². The van der Waals surface area contributed by atoms with Gasteiger partial charge in [0.1, 0.15) is 5.78 Å². The maximum atomic E-state index is 11.7. The number of aromatic nitrogens is 1. The van der Waals surface area contributed by atoms with Crippen molar-refractivity contribution in [3.8, 4) is 0 Å². The van der Waals surface area contributed by atoms with Crippen molar-refractivity contribution in [2.24, 2.45) is 7.05 Å². The summed E-state index contributed by atoms with van der Waals surface area (Å²) in [6.45, 7) is 1.71. The van der Waals surface area contributed by atoms with Crippen LogP contribution in [0.5, 0.6) is 0 Å². The summed E-state index contributed by atoms with van der Waals surface area (Å²) in [6, 6.07) is 8.50. The van der Waals surface area contributed by atoms with Gasteiger partial charge in [-0.05, 0) is 48.9 Å². The van der Waals surface area contributed by atoms with Gasteiger partial charge in [-0.3, -0.25) is 4.79 Å². The van der Waals surface area contributed by atoms with Gasteiger partial charge >= 0.3 is 0 Å². The highest BCUT2D eigenvalue weighted by atomic mass is 16.1. The quantitative estimate of drug-likeness (QED) is 0.751. The Balaban J connectivity index is 2.16. The molecule has 0 amide bonds. The Morgan fingerprint density at radius 2 is 2.06 bits per heavy atom. The van der Waals surface area contributed by atoms with E-state index in [-0.39, 0.29) is 5.41 Å². The summed E-state index contributed by atoms with van der Waals surface area (Å²) in [5, 5.41) is 1.23. The number of fused-ring (bicyclic) bond motifs is 1. The third kappa shape index (κ3) is 1.16. The molecule has 2 aromatic rings. The molecule has 1 saturated carbocycles. The first kappa shape index (κ1) is 9.64. The van der Waals surface area contributed by atoms with Gasteiger partial charge < -0.3 is 4.57 Å². The molecule has 16 heavy (non-hydrogen) atoms. The highest BCUT2D eigenvalue weighted by Crippen LogP contribution is 2.49. The number of hydrogen-bond donors (Lipinski definition) is 0. The highest BCUT2D eigenvalue weighted by molar-refractivity contribution is 5.93. The molecule has 0 spiro atoms. The van der Waals surface area contributed by atoms with Crippen LogP contribution in [0.15, 0.2) is 30.5 Å². The Hall–Kier alpha value is -1.57. The zero-order valence-corrected chi connectivity index (χ0v) is 9.66. The molecular formula is C14H15NO. The van der Waals surface area contributed by atoms with Crippen molar-refractivity contribution in [1.82, 2.24) is 4.57 Å². The molecule has 0 unspecified atom stereocenters. The average Bonchev–Trinajstić information content (AvgIpc) is 3.00. The van der Waals surface area contributed by atoms with E-state index in [0.717, 1.165) is 12.8 Å². The summed E-state index contributed by atoms with van der Waals surface area (Å²) in [6.07, 6.45) is 4.09. The van der Waals surface area contributed by atoms with Crippen LogP contribution in [0.1, 0.15) is 25.3 Å². The minimum Gasteiger partial charge on any atom is -0.351 e. The molecule has 1 aliphatic rings. The number of rotatable bonds is 2. The third-order valence-corrected chi connectivity index (χ3v) is 3.86. The van der Waals surface area contributed by atoms with Crippen LogP contribution in [0.3, 0.4) is 0 Å². The second-order valence-electron chi connectivity index (χ2n) is 4.84. The van der Waals surface area contributed by atoms with Gasteiger partial charge in [-0.25, -0.2) is 0 Å². The minimum atomic E-state index is -0.149. The van der Waals surface area contributed by atoms with E-state index in [4.69, 9.17) is 0 Å². The first-order valence-electron chi connectivity index (χ1n) is 5.70. The fourth-order valence-electron chi connectivity index (χ4n) is 2.55. The van der Waals surface area contributed by atoms with E-state index in [1.165, 1.54) is 16.5 Å². The molecule has 0 saturated heterocycles. The van der Waals surface area contributed by atoms with E-state index < -0.39 is 0 Å². The summed E-state index contributed by atoms with van der Waals surface area (Å²) < 4.78 is 2.10. The number of carbonyl (C=O) groups excluding carboxylic acids is 1. The molecule has 1 heterocycles. The number of Topliss-reactive ketones (excluding diaryl/α,β-unsaturated/α-hetero) is 1. The van der Waals surface area contributed by atoms with Crippen molar-refractivity contribution >= 4 is 16.7 Å². The van der Waals surface area contributed by atoms with E-state index in [0.29, 0.717) is 5.78 Å². The van der Waals surface area contributed by atoms with Gasteiger partial charge in [0.15, 0.2) is 0 Å². The Kier molecular flexibility index (Phi) is 1.79. The second kappa shape index (κ2) is 2.97. The Morgan fingerprint density at radius 1 is 1.31 bits per heavy atom. The lowest BCUT2D eigenvalue weighted by Gasteiger charge is -2.11. The first-order chi connectivity index (χ1) is 7.63. The average molecular weight is 213 g/mol. The molecular weight excluding hydrogens is 198 g/mol. The topological polar surface area (TPSA) is 22.0 Å². The number of ketones is 1. The molecule has 1 aliphatic carbocycles. The predicted molar refractivity (Wildman–Crippen MR) is 64.5 cm³/mol. The number of carbonyl (C=O) groups is 1. The molecule has 2 heteroatoms. The lowest BCUT2D eigenvalue weighted by atomic mass is 9.91. The lowest BCUT2D eigenvalue weighted by Crippen LogP contribution is -2.16. The molecule has 1 aromatic heterocycles. The normalized spacial score (nSPS) is 17.6. The van der Waals surface area contributed by atoms with Gasteiger partial charge in [0.05, 0.1) is 5.41 Å². The van der Waals surface area contributed by atoms with Crippen molar-refractivity contribution < 1.29 is 4.79 Å². The Labute approximate surface area is 94.9 Å². The van der Waals surface area contributed by atoms with Crippen LogP contribution in [0.4, 0.5) is 0 Å². The standard InChI is InChI=1S/C14H15NO/c1-10(16)14(6-7-14)12-3-4-13-11(9-12)5-8-15(13)2/h3-5,8-9H,6-7H2,1-2H3. The molecule has 0 aliphatic heterocycles. The van der Waals surface area contributed by atoms with Crippen LogP contribution >= 0.6 is 0 Å². The van der Waals surface area contributed by atoms with E-state index >= 15 is 0 Å². The summed E-state index contributed by atoms with van der Waals surface area (Å²) in [4.78, 5) is 11.7. The van der Waals surface area contributed by atoms with Crippen LogP contribution in [0, 0.1) is 0 Å². The summed E-state index contributed by atoms with van der Waals surface area (Å²) in [5.74, 6) is 0.308. The SMILES string of the molecule is CC(=O)C1(c2ccc3c(ccn3C)c2)CC1. The smallest absolute Gasteiger partial charge is 0.140 e. The van der Waals surface area contributed by atoms with E-state index in [1.54, 1.807) is 6.92 Å². The number of benzene rings is 1. The minimum absolute atomic E-state index is 0.149. The zero-order chi connectivity index (χ0) is 11.3. The van der Waals surface area contributed by atoms with Crippen LogP contribution < -0.4 is 0 Å². The molecule has 1 fully saturated rings. The Morgan fingerprint density at radius 3 is 2.69 bits per heavy atom. The first-order valence-corrected chi connectivity index (χ1v) is 5.70. The molecule has 0 atom stereocenters. The number of hydrogen-bond acceptors (Lipinski definition) is 1. The highest BCUT2D eigenvalue weighted by Gasteiger charge is 2.48. The maximum absolute atomic E-state index is 11.7. The Bertz CT molecular complexity index is 575. The largest absolute Gasteiger partial charge is 0.351 e. The fourth-order valence-corrected chi connectivity index (χ4v) is 2.55. The third-order valence-electron chi connectivity index (χ3n) is 3.86. The summed E-state index contributed by atoms with van der Waals surface area (Å²) in [7, 11) is 2.04. The predicted octanol–water partition coefficient (Wildman–Crippen LogP) is 2.80. The van der Waals surface area contributed by atoms with Gasteiger partial charge in [0, 0.05) is 18.8 Å². The molecule has 0 bridgehead atoms. The van der Waals surface area contributed by atoms with Gasteiger partial charge in [-0.1, -0.05) is 6.07 Å². The van der Waals surface area contributed by atoms with Gasteiger partial charge in [0.25, 0.3) is 0 Å². The molecule has 2 nitrogen and oxygen atoms in total. The van der Waals surface area contributed by atoms with Crippen molar-refractivity contribution in [2.45, 2.75) is 25.2 Å². The molecule has 0 N–H and O–H groups in total. The zero-order valence-electron chi connectivity index (χ0n) is 9.66. The van der Waals surface area contributed by atoms with Crippen molar-refractivity contribution in [2.75, 3.05) is 0 Å². The van der Waals surface area contributed by atoms with Gasteiger partial charge in [-0.2, -0.15) is 0 Å². The van der Waals surface area contributed by atoms with E-state index in [2.05, 4.69) is 35.0 Å². The van der Waals surface area contributed by atoms with E-state index in [1.807, 2.05) is 7.05 Å². The van der Waals surface area contributed by atoms with Crippen LogP contribution in [-0.2, 0) is 17.3 Å². The van der Waals surface area contributed by atoms with E-state index in [9.17, 15) is 4.79 Å². The fraction of sp³-hybridized carbons (Fsp3) is 0.357. The number of nitrogens with zero attached hydrogens (tertiary/aromatic N) is 1. The summed E-state index contributed by atoms with van der Waals surface area (Å²) >= 11 is 0. The molecule has 1 aromatic carbocycles. The second-order valence-corrected chi connectivity index (χ2v) is 4.84. The number of aryl methyl sites for hydroxylation is 1. The van der Waals surface area contributed by atoms with Gasteiger partial charge in [0.2, 0.25) is 0 Å². The van der Waals surface area contributed by atoms with Crippen molar-refractivity contribution in [3.05, 3.63) is 36.0 Å². The maximum Gasteiger partial charge on any atom is 0.140 e. The molecule has 0 radical (unpaired) electrons. The van der Waals surface area contributed by atoms with Crippen molar-refractivity contribution in [3.63, 3.8) is 0 Å². The molecule has 3 rings (SSSR count). The lowest BCUT2D eigenvalue weighted by molar-refractivity contribution is -0.119. The molecule has 82 valence electrons. The van der Waals surface area contributed by atoms with Crippen LogP contribution in [-0.4, -0.2) is 10.4 Å².